The molecular weight excluding hydrogens is 457 g/mol. The van der Waals surface area contributed by atoms with Crippen molar-refractivity contribution in [2.75, 3.05) is 7.11 Å². The van der Waals surface area contributed by atoms with Gasteiger partial charge in [-0.1, -0.05) is 41.9 Å². The molecule has 3 rings (SSSR count). The Morgan fingerprint density at radius 1 is 1.17 bits per heavy atom. The Balaban J connectivity index is 1.90. The lowest BCUT2D eigenvalue weighted by molar-refractivity contribution is 0.278. The number of ether oxygens (including phenoxy) is 2. The Kier molecular flexibility index (Phi) is 6.92. The summed E-state index contributed by atoms with van der Waals surface area (Å²) < 4.78 is 25.7. The van der Waals surface area contributed by atoms with Gasteiger partial charge in [-0.3, -0.25) is 0 Å². The molecule has 0 aliphatic rings. The van der Waals surface area contributed by atoms with Crippen molar-refractivity contribution in [1.29, 1.82) is 5.26 Å². The van der Waals surface area contributed by atoms with Crippen LogP contribution in [0.3, 0.4) is 0 Å². The molecule has 0 saturated heterocycles. The predicted molar refractivity (Wildman–Crippen MR) is 116 cm³/mol. The van der Waals surface area contributed by atoms with E-state index < -0.39 is 0 Å². The summed E-state index contributed by atoms with van der Waals surface area (Å²) in [7, 11) is 1.52. The van der Waals surface area contributed by atoms with Crippen LogP contribution in [0.15, 0.2) is 65.1 Å². The topological polar surface area (TPSA) is 42.2 Å². The Labute approximate surface area is 182 Å². The van der Waals surface area contributed by atoms with Crippen LogP contribution in [0.25, 0.3) is 11.6 Å². The van der Waals surface area contributed by atoms with Crippen molar-refractivity contribution in [3.63, 3.8) is 0 Å². The van der Waals surface area contributed by atoms with Gasteiger partial charge in [-0.05, 0) is 63.5 Å². The second-order valence-corrected chi connectivity index (χ2v) is 7.38. The van der Waals surface area contributed by atoms with E-state index in [0.29, 0.717) is 32.1 Å². The van der Waals surface area contributed by atoms with Gasteiger partial charge in [0.2, 0.25) is 0 Å². The number of rotatable bonds is 6. The molecule has 0 aliphatic carbocycles. The van der Waals surface area contributed by atoms with Gasteiger partial charge in [0, 0.05) is 10.6 Å². The fraction of sp³-hybridized carbons (Fsp3) is 0.0870. The zero-order chi connectivity index (χ0) is 20.8. The molecule has 146 valence electrons. The molecular formula is C23H16BrClFNO2. The molecule has 3 aromatic carbocycles. The summed E-state index contributed by atoms with van der Waals surface area (Å²) in [6.07, 6.45) is 1.75. The standard InChI is InChI=1S/C23H16BrClFNO2/c1-28-22-12-15(10-18(13-27)16-6-8-19(25)9-7-16)11-20(24)23(22)29-14-17-4-2-3-5-21(17)26/h2-12H,14H2,1H3/b18-10+. The highest BCUT2D eigenvalue weighted by Crippen LogP contribution is 2.38. The number of hydrogen-bond donors (Lipinski definition) is 0. The zero-order valence-corrected chi connectivity index (χ0v) is 17.8. The van der Waals surface area contributed by atoms with E-state index in [4.69, 9.17) is 21.1 Å². The molecule has 0 amide bonds. The third-order valence-electron chi connectivity index (χ3n) is 4.17. The summed E-state index contributed by atoms with van der Waals surface area (Å²) >= 11 is 9.40. The van der Waals surface area contributed by atoms with Crippen LogP contribution in [0.5, 0.6) is 11.5 Å². The van der Waals surface area contributed by atoms with Crippen molar-refractivity contribution >= 4 is 39.2 Å². The lowest BCUT2D eigenvalue weighted by Crippen LogP contribution is -2.01. The van der Waals surface area contributed by atoms with Gasteiger partial charge in [0.05, 0.1) is 23.2 Å². The van der Waals surface area contributed by atoms with Gasteiger partial charge in [-0.15, -0.1) is 0 Å². The monoisotopic (exact) mass is 471 g/mol. The third kappa shape index (κ3) is 5.17. The van der Waals surface area contributed by atoms with Crippen LogP contribution in [0.2, 0.25) is 5.02 Å². The SMILES string of the molecule is COc1cc(/C=C(\C#N)c2ccc(Cl)cc2)cc(Br)c1OCc1ccccc1F. The third-order valence-corrected chi connectivity index (χ3v) is 5.01. The number of nitriles is 1. The molecule has 0 spiro atoms. The summed E-state index contributed by atoms with van der Waals surface area (Å²) in [5.41, 5.74) is 2.43. The average Bonchev–Trinajstić information content (AvgIpc) is 2.72. The normalized spacial score (nSPS) is 11.1. The van der Waals surface area contributed by atoms with Crippen molar-refractivity contribution in [1.82, 2.24) is 0 Å². The van der Waals surface area contributed by atoms with Gasteiger partial charge in [0.25, 0.3) is 0 Å². The maximum Gasteiger partial charge on any atom is 0.175 e. The van der Waals surface area contributed by atoms with Gasteiger partial charge in [-0.25, -0.2) is 4.39 Å². The molecule has 0 aliphatic heterocycles. The number of allylic oxidation sites excluding steroid dienone is 1. The highest BCUT2D eigenvalue weighted by molar-refractivity contribution is 9.10. The number of nitrogens with zero attached hydrogens (tertiary/aromatic N) is 1. The Bertz CT molecular complexity index is 1090. The molecule has 0 heterocycles. The van der Waals surface area contributed by atoms with Gasteiger partial charge >= 0.3 is 0 Å². The molecule has 0 bridgehead atoms. The van der Waals surface area contributed by atoms with E-state index in [9.17, 15) is 9.65 Å². The lowest BCUT2D eigenvalue weighted by atomic mass is 10.0. The summed E-state index contributed by atoms with van der Waals surface area (Å²) in [4.78, 5) is 0. The molecule has 0 saturated carbocycles. The number of halogens is 3. The number of benzene rings is 3. The summed E-state index contributed by atoms with van der Waals surface area (Å²) in [5, 5.41) is 10.1. The second-order valence-electron chi connectivity index (χ2n) is 6.09. The minimum atomic E-state index is -0.330. The first kappa shape index (κ1) is 20.9. The molecule has 0 radical (unpaired) electrons. The first-order chi connectivity index (χ1) is 14.0. The van der Waals surface area contributed by atoms with Gasteiger partial charge in [0.15, 0.2) is 11.5 Å². The van der Waals surface area contributed by atoms with Gasteiger partial charge in [-0.2, -0.15) is 5.26 Å². The van der Waals surface area contributed by atoms with E-state index in [1.165, 1.54) is 13.2 Å². The summed E-state index contributed by atoms with van der Waals surface area (Å²) in [6, 6.07) is 19.2. The Morgan fingerprint density at radius 3 is 2.55 bits per heavy atom. The van der Waals surface area contributed by atoms with Crippen molar-refractivity contribution in [2.45, 2.75) is 6.61 Å². The van der Waals surface area contributed by atoms with Gasteiger partial charge in [0.1, 0.15) is 12.4 Å². The van der Waals surface area contributed by atoms with Crippen molar-refractivity contribution in [3.8, 4) is 17.6 Å². The summed E-state index contributed by atoms with van der Waals surface area (Å²) in [5.74, 6) is 0.594. The molecule has 29 heavy (non-hydrogen) atoms. The van der Waals surface area contributed by atoms with Crippen molar-refractivity contribution < 1.29 is 13.9 Å². The Morgan fingerprint density at radius 2 is 1.90 bits per heavy atom. The molecule has 0 N–H and O–H groups in total. The first-order valence-corrected chi connectivity index (χ1v) is 9.80. The van der Waals surface area contributed by atoms with E-state index in [1.54, 1.807) is 54.6 Å². The fourth-order valence-corrected chi connectivity index (χ4v) is 3.41. The van der Waals surface area contributed by atoms with Crippen LogP contribution in [0.1, 0.15) is 16.7 Å². The van der Waals surface area contributed by atoms with Crippen molar-refractivity contribution in [2.24, 2.45) is 0 Å². The highest BCUT2D eigenvalue weighted by atomic mass is 79.9. The molecule has 3 nitrogen and oxygen atoms in total. The van der Waals surface area contributed by atoms with Crippen LogP contribution in [0, 0.1) is 17.1 Å². The molecule has 0 fully saturated rings. The van der Waals surface area contributed by atoms with E-state index in [2.05, 4.69) is 22.0 Å². The zero-order valence-electron chi connectivity index (χ0n) is 15.5. The van der Waals surface area contributed by atoms with Crippen molar-refractivity contribution in [3.05, 3.63) is 92.7 Å². The molecule has 0 atom stereocenters. The number of methoxy groups -OCH3 is 1. The maximum atomic E-state index is 13.8. The van der Waals surface area contributed by atoms with E-state index in [-0.39, 0.29) is 12.4 Å². The van der Waals surface area contributed by atoms with Crippen LogP contribution >= 0.6 is 27.5 Å². The van der Waals surface area contributed by atoms with Gasteiger partial charge < -0.3 is 9.47 Å². The average molecular weight is 473 g/mol. The minimum Gasteiger partial charge on any atom is -0.493 e. The number of hydrogen-bond acceptors (Lipinski definition) is 3. The minimum absolute atomic E-state index is 0.0606. The summed E-state index contributed by atoms with van der Waals surface area (Å²) in [6.45, 7) is 0.0606. The second kappa shape index (κ2) is 9.60. The molecule has 6 heteroatoms. The maximum absolute atomic E-state index is 13.8. The molecule has 3 aromatic rings. The molecule has 0 aromatic heterocycles. The van der Waals surface area contributed by atoms with Crippen LogP contribution in [-0.2, 0) is 6.61 Å². The highest BCUT2D eigenvalue weighted by Gasteiger charge is 2.13. The largest absolute Gasteiger partial charge is 0.493 e. The molecule has 0 unspecified atom stereocenters. The first-order valence-electron chi connectivity index (χ1n) is 8.63. The van der Waals surface area contributed by atoms with E-state index in [1.807, 2.05) is 6.07 Å². The van der Waals surface area contributed by atoms with Crippen LogP contribution in [-0.4, -0.2) is 7.11 Å². The Hall–Kier alpha value is -2.81. The van der Waals surface area contributed by atoms with Crippen LogP contribution in [0.4, 0.5) is 4.39 Å². The van der Waals surface area contributed by atoms with E-state index in [0.717, 1.165) is 11.1 Å². The predicted octanol–water partition coefficient (Wildman–Crippen LogP) is 6.89. The van der Waals surface area contributed by atoms with E-state index >= 15 is 0 Å². The smallest absolute Gasteiger partial charge is 0.175 e. The lowest BCUT2D eigenvalue weighted by Gasteiger charge is -2.14. The van der Waals surface area contributed by atoms with Crippen LogP contribution < -0.4 is 9.47 Å². The quantitative estimate of drug-likeness (QED) is 0.290. The fourth-order valence-electron chi connectivity index (χ4n) is 2.70.